The predicted octanol–water partition coefficient (Wildman–Crippen LogP) is 4.39. The minimum absolute atomic E-state index is 0.214. The number of aromatic nitrogens is 3. The van der Waals surface area contributed by atoms with E-state index in [9.17, 15) is 13.2 Å². The number of aryl methyl sites for hydroxylation is 1. The van der Waals surface area contributed by atoms with E-state index in [1.54, 1.807) is 22.7 Å². The number of benzene rings is 1. The van der Waals surface area contributed by atoms with Gasteiger partial charge in [0.15, 0.2) is 5.65 Å². The molecular formula is C25H31BrN6O3S. The number of halogens is 1. The fourth-order valence-electron chi connectivity index (χ4n) is 5.25. The summed E-state index contributed by atoms with van der Waals surface area (Å²) in [4.78, 5) is 22.9. The third kappa shape index (κ3) is 5.08. The Morgan fingerprint density at radius 3 is 2.69 bits per heavy atom. The van der Waals surface area contributed by atoms with Crippen LogP contribution in [0.3, 0.4) is 0 Å². The highest BCUT2D eigenvalue weighted by molar-refractivity contribution is 9.10. The van der Waals surface area contributed by atoms with E-state index in [2.05, 4.69) is 39.4 Å². The zero-order chi connectivity index (χ0) is 25.6. The molecule has 2 aliphatic heterocycles. The highest BCUT2D eigenvalue weighted by atomic mass is 79.9. The molecule has 5 rings (SSSR count). The molecule has 2 aromatic heterocycles. The summed E-state index contributed by atoms with van der Waals surface area (Å²) in [6.07, 6.45) is 6.92. The smallest absolute Gasteiger partial charge is 0.256 e. The van der Waals surface area contributed by atoms with Gasteiger partial charge in [0.05, 0.1) is 29.2 Å². The van der Waals surface area contributed by atoms with Crippen LogP contribution >= 0.6 is 15.9 Å². The van der Waals surface area contributed by atoms with Gasteiger partial charge >= 0.3 is 0 Å². The molecule has 2 atom stereocenters. The number of nitrogens with zero attached hydrogens (tertiary/aromatic N) is 5. The van der Waals surface area contributed by atoms with Crippen LogP contribution in [-0.2, 0) is 10.0 Å². The number of piperidine rings is 1. The monoisotopic (exact) mass is 574 g/mol. The summed E-state index contributed by atoms with van der Waals surface area (Å²) in [6, 6.07) is 6.76. The van der Waals surface area contributed by atoms with Gasteiger partial charge in [-0.15, -0.1) is 0 Å². The minimum atomic E-state index is -3.54. The van der Waals surface area contributed by atoms with E-state index in [1.165, 1.54) is 6.42 Å². The summed E-state index contributed by atoms with van der Waals surface area (Å²) in [5, 5.41) is 4.83. The normalized spacial score (nSPS) is 20.8. The summed E-state index contributed by atoms with van der Waals surface area (Å²) < 4.78 is 28.8. The molecule has 1 N–H and O–H groups in total. The Morgan fingerprint density at radius 1 is 1.17 bits per heavy atom. The molecule has 0 radical (unpaired) electrons. The average molecular weight is 576 g/mol. The Labute approximate surface area is 220 Å². The van der Waals surface area contributed by atoms with Gasteiger partial charge in [-0.1, -0.05) is 22.9 Å². The van der Waals surface area contributed by atoms with Crippen molar-refractivity contribution in [1.29, 1.82) is 0 Å². The largest absolute Gasteiger partial charge is 0.356 e. The Kier molecular flexibility index (Phi) is 6.71. The van der Waals surface area contributed by atoms with Gasteiger partial charge in [0.1, 0.15) is 5.82 Å². The zero-order valence-electron chi connectivity index (χ0n) is 20.7. The highest BCUT2D eigenvalue weighted by Crippen LogP contribution is 2.34. The van der Waals surface area contributed by atoms with Crippen molar-refractivity contribution in [2.75, 3.05) is 35.5 Å². The van der Waals surface area contributed by atoms with Crippen LogP contribution in [0, 0.1) is 12.8 Å². The topological polar surface area (TPSA) is 99.9 Å². The average Bonchev–Trinajstić information content (AvgIpc) is 3.44. The number of anilines is 2. The third-order valence-electron chi connectivity index (χ3n) is 6.96. The number of sulfonamides is 1. The number of carbonyl (C=O) groups excluding carboxylic acids is 1. The van der Waals surface area contributed by atoms with Crippen molar-refractivity contribution in [2.24, 2.45) is 5.92 Å². The molecule has 4 heterocycles. The number of amides is 1. The van der Waals surface area contributed by atoms with Gasteiger partial charge in [0.2, 0.25) is 10.0 Å². The quantitative estimate of drug-likeness (QED) is 0.485. The second-order valence-electron chi connectivity index (χ2n) is 10.0. The van der Waals surface area contributed by atoms with Gasteiger partial charge < -0.3 is 9.80 Å². The summed E-state index contributed by atoms with van der Waals surface area (Å²) in [6.45, 7) is 6.92. The van der Waals surface area contributed by atoms with Crippen molar-refractivity contribution in [3.8, 4) is 0 Å². The number of hydrogen-bond donors (Lipinski definition) is 1. The molecule has 2 saturated heterocycles. The SMILES string of the molecule is Cc1cn2nc(C3CCCCN3C(=O)c3cc(Br)ccc3NS(C)(=O)=O)cc2nc1N1CCC(C)C1. The van der Waals surface area contributed by atoms with Crippen LogP contribution in [0.15, 0.2) is 34.9 Å². The summed E-state index contributed by atoms with van der Waals surface area (Å²) in [5.74, 6) is 1.44. The van der Waals surface area contributed by atoms with E-state index in [-0.39, 0.29) is 17.6 Å². The molecule has 2 fully saturated rings. The van der Waals surface area contributed by atoms with Crippen LogP contribution in [0.2, 0.25) is 0 Å². The highest BCUT2D eigenvalue weighted by Gasteiger charge is 2.32. The maximum absolute atomic E-state index is 13.8. The third-order valence-corrected chi connectivity index (χ3v) is 8.04. The second-order valence-corrected chi connectivity index (χ2v) is 12.7. The van der Waals surface area contributed by atoms with Gasteiger partial charge in [0.25, 0.3) is 5.91 Å². The standard InChI is InChI=1S/C25H31BrN6O3S/c1-16-9-11-30(14-16)24-17(2)15-32-23(27-24)13-21(28-32)22-6-4-5-10-31(22)25(33)19-12-18(26)7-8-20(19)29-36(3,34)35/h7-8,12-13,15-16,22,29H,4-6,9-11,14H2,1-3H3. The Balaban J connectivity index is 1.49. The lowest BCUT2D eigenvalue weighted by Crippen LogP contribution is -2.39. The molecule has 9 nitrogen and oxygen atoms in total. The van der Waals surface area contributed by atoms with Gasteiger partial charge in [0, 0.05) is 41.9 Å². The Morgan fingerprint density at radius 2 is 1.97 bits per heavy atom. The van der Waals surface area contributed by atoms with Gasteiger partial charge in [-0.05, 0) is 56.7 Å². The lowest BCUT2D eigenvalue weighted by Gasteiger charge is -2.35. The first kappa shape index (κ1) is 25.0. The van der Waals surface area contributed by atoms with Gasteiger partial charge in [-0.25, -0.2) is 17.9 Å². The summed E-state index contributed by atoms with van der Waals surface area (Å²) in [7, 11) is -3.54. The molecule has 0 spiro atoms. The molecule has 0 aliphatic carbocycles. The van der Waals surface area contributed by atoms with Crippen LogP contribution < -0.4 is 9.62 Å². The van der Waals surface area contributed by atoms with Crippen LogP contribution in [0.4, 0.5) is 11.5 Å². The van der Waals surface area contributed by atoms with Crippen molar-refractivity contribution >= 4 is 49.0 Å². The molecule has 0 saturated carbocycles. The predicted molar refractivity (Wildman–Crippen MR) is 144 cm³/mol. The van der Waals surface area contributed by atoms with E-state index < -0.39 is 10.0 Å². The molecule has 11 heteroatoms. The second kappa shape index (κ2) is 9.66. The van der Waals surface area contributed by atoms with Crippen LogP contribution in [-0.4, -0.2) is 59.7 Å². The van der Waals surface area contributed by atoms with E-state index in [1.807, 2.05) is 17.2 Å². The first-order valence-electron chi connectivity index (χ1n) is 12.3. The number of hydrogen-bond acceptors (Lipinski definition) is 6. The Hall–Kier alpha value is -2.66. The van der Waals surface area contributed by atoms with Crippen molar-refractivity contribution in [3.05, 3.63) is 51.8 Å². The van der Waals surface area contributed by atoms with Crippen molar-refractivity contribution in [3.63, 3.8) is 0 Å². The van der Waals surface area contributed by atoms with Crippen molar-refractivity contribution < 1.29 is 13.2 Å². The first-order valence-corrected chi connectivity index (χ1v) is 15.0. The first-order chi connectivity index (χ1) is 17.1. The molecular weight excluding hydrogens is 544 g/mol. The molecule has 2 aliphatic rings. The van der Waals surface area contributed by atoms with Crippen LogP contribution in [0.25, 0.3) is 5.65 Å². The summed E-state index contributed by atoms with van der Waals surface area (Å²) in [5.41, 5.74) is 3.23. The van der Waals surface area contributed by atoms with Crippen molar-refractivity contribution in [1.82, 2.24) is 19.5 Å². The zero-order valence-corrected chi connectivity index (χ0v) is 23.1. The fraction of sp³-hybridized carbons (Fsp3) is 0.480. The number of nitrogens with one attached hydrogen (secondary N) is 1. The molecule has 1 amide bonds. The van der Waals surface area contributed by atoms with Crippen LogP contribution in [0.1, 0.15) is 60.3 Å². The molecule has 192 valence electrons. The van der Waals surface area contributed by atoms with E-state index >= 15 is 0 Å². The van der Waals surface area contributed by atoms with Crippen LogP contribution in [0.5, 0.6) is 0 Å². The lowest BCUT2D eigenvalue weighted by molar-refractivity contribution is 0.0606. The maximum Gasteiger partial charge on any atom is 0.256 e. The molecule has 36 heavy (non-hydrogen) atoms. The fourth-order valence-corrected chi connectivity index (χ4v) is 6.19. The Bertz CT molecular complexity index is 1420. The van der Waals surface area contributed by atoms with Gasteiger partial charge in [-0.2, -0.15) is 5.10 Å². The molecule has 2 unspecified atom stereocenters. The molecule has 1 aromatic carbocycles. The number of likely N-dealkylation sites (tertiary alicyclic amines) is 1. The number of rotatable bonds is 5. The minimum Gasteiger partial charge on any atom is -0.356 e. The van der Waals surface area contributed by atoms with E-state index in [0.29, 0.717) is 22.5 Å². The number of fused-ring (bicyclic) bond motifs is 1. The molecule has 0 bridgehead atoms. The van der Waals surface area contributed by atoms with E-state index in [0.717, 1.165) is 61.3 Å². The van der Waals surface area contributed by atoms with Gasteiger partial charge in [-0.3, -0.25) is 9.52 Å². The molecule has 3 aromatic rings. The number of carbonyl (C=O) groups is 1. The summed E-state index contributed by atoms with van der Waals surface area (Å²) >= 11 is 3.42. The van der Waals surface area contributed by atoms with E-state index in [4.69, 9.17) is 10.1 Å². The maximum atomic E-state index is 13.8. The van der Waals surface area contributed by atoms with Crippen molar-refractivity contribution in [2.45, 2.75) is 45.6 Å². The lowest BCUT2D eigenvalue weighted by atomic mass is 9.98.